The Balaban J connectivity index is 2.44. The Kier molecular flexibility index (Phi) is 6.09. The summed E-state index contributed by atoms with van der Waals surface area (Å²) < 4.78 is 37.2. The van der Waals surface area contributed by atoms with Crippen molar-refractivity contribution in [2.45, 2.75) is 44.3 Å². The first-order valence-electron chi connectivity index (χ1n) is 6.49. The Labute approximate surface area is 112 Å². The van der Waals surface area contributed by atoms with Gasteiger partial charge in [0.1, 0.15) is 0 Å². The van der Waals surface area contributed by atoms with Crippen LogP contribution in [0.2, 0.25) is 0 Å². The van der Waals surface area contributed by atoms with Crippen molar-refractivity contribution in [3.05, 3.63) is 48.0 Å². The summed E-state index contributed by atoms with van der Waals surface area (Å²) in [7, 11) is 0. The predicted molar refractivity (Wildman–Crippen MR) is 71.7 cm³/mol. The minimum absolute atomic E-state index is 0.189. The van der Waals surface area contributed by atoms with Gasteiger partial charge < -0.3 is 5.73 Å². The lowest BCUT2D eigenvalue weighted by Crippen LogP contribution is -2.11. The molecule has 106 valence electrons. The van der Waals surface area contributed by atoms with Crippen LogP contribution in [0.3, 0.4) is 0 Å². The fourth-order valence-electron chi connectivity index (χ4n) is 1.92. The summed E-state index contributed by atoms with van der Waals surface area (Å²) in [5.74, 6) is 0. The molecule has 0 aliphatic carbocycles. The van der Waals surface area contributed by atoms with Gasteiger partial charge in [0.25, 0.3) is 0 Å². The summed E-state index contributed by atoms with van der Waals surface area (Å²) in [6, 6.07) is 4.93. The predicted octanol–water partition coefficient (Wildman–Crippen LogP) is 4.84. The highest BCUT2D eigenvalue weighted by atomic mass is 19.4. The van der Waals surface area contributed by atoms with E-state index in [-0.39, 0.29) is 6.04 Å². The van der Waals surface area contributed by atoms with Crippen molar-refractivity contribution in [2.24, 2.45) is 5.73 Å². The third kappa shape index (κ3) is 5.47. The van der Waals surface area contributed by atoms with Crippen LogP contribution in [0.5, 0.6) is 0 Å². The van der Waals surface area contributed by atoms with Crippen molar-refractivity contribution in [1.29, 1.82) is 0 Å². The molecule has 0 bridgehead atoms. The van der Waals surface area contributed by atoms with Gasteiger partial charge in [-0.1, -0.05) is 31.1 Å². The van der Waals surface area contributed by atoms with Crippen molar-refractivity contribution in [1.82, 2.24) is 0 Å². The highest BCUT2D eigenvalue weighted by Gasteiger charge is 2.30. The minimum Gasteiger partial charge on any atom is -0.324 e. The number of allylic oxidation sites excluding steroid dienone is 1. The first-order chi connectivity index (χ1) is 8.95. The SMILES string of the molecule is C=CCCCCCC(N)c1ccc(C(F)(F)F)cc1. The summed E-state index contributed by atoms with van der Waals surface area (Å²) in [6.07, 6.45) is 2.53. The monoisotopic (exact) mass is 271 g/mol. The molecule has 1 aromatic rings. The van der Waals surface area contributed by atoms with Crippen molar-refractivity contribution in [2.75, 3.05) is 0 Å². The fourth-order valence-corrected chi connectivity index (χ4v) is 1.92. The molecule has 1 rings (SSSR count). The van der Waals surface area contributed by atoms with E-state index < -0.39 is 11.7 Å². The molecule has 0 aliphatic rings. The number of unbranched alkanes of at least 4 members (excludes halogenated alkanes) is 3. The zero-order valence-corrected chi connectivity index (χ0v) is 10.9. The van der Waals surface area contributed by atoms with Crippen LogP contribution >= 0.6 is 0 Å². The zero-order valence-electron chi connectivity index (χ0n) is 10.9. The molecule has 0 saturated carbocycles. The van der Waals surface area contributed by atoms with E-state index >= 15 is 0 Å². The second-order valence-electron chi connectivity index (χ2n) is 4.65. The second kappa shape index (κ2) is 7.34. The van der Waals surface area contributed by atoms with Crippen LogP contribution < -0.4 is 5.73 Å². The highest BCUT2D eigenvalue weighted by Crippen LogP contribution is 2.30. The minimum atomic E-state index is -4.28. The number of nitrogens with two attached hydrogens (primary N) is 1. The Morgan fingerprint density at radius 2 is 1.74 bits per heavy atom. The third-order valence-electron chi connectivity index (χ3n) is 3.09. The van der Waals surface area contributed by atoms with E-state index in [2.05, 4.69) is 6.58 Å². The van der Waals surface area contributed by atoms with Crippen LogP contribution in [-0.2, 0) is 6.18 Å². The maximum Gasteiger partial charge on any atom is 0.416 e. The van der Waals surface area contributed by atoms with Crippen LogP contribution in [0.25, 0.3) is 0 Å². The molecule has 0 aliphatic heterocycles. The van der Waals surface area contributed by atoms with Crippen molar-refractivity contribution in [3.8, 4) is 0 Å². The van der Waals surface area contributed by atoms with Gasteiger partial charge in [-0.15, -0.1) is 6.58 Å². The number of alkyl halides is 3. The topological polar surface area (TPSA) is 26.0 Å². The Morgan fingerprint density at radius 1 is 1.11 bits per heavy atom. The number of hydrogen-bond donors (Lipinski definition) is 1. The normalized spacial score (nSPS) is 13.3. The van der Waals surface area contributed by atoms with Crippen LogP contribution in [0.4, 0.5) is 13.2 Å². The summed E-state index contributed by atoms with van der Waals surface area (Å²) >= 11 is 0. The van der Waals surface area contributed by atoms with E-state index in [0.717, 1.165) is 49.8 Å². The van der Waals surface area contributed by atoms with Gasteiger partial charge in [0.05, 0.1) is 5.56 Å². The molecule has 1 unspecified atom stereocenters. The first-order valence-corrected chi connectivity index (χ1v) is 6.49. The molecule has 2 N–H and O–H groups in total. The Morgan fingerprint density at radius 3 is 2.26 bits per heavy atom. The molecule has 0 amide bonds. The van der Waals surface area contributed by atoms with E-state index in [1.165, 1.54) is 12.1 Å². The van der Waals surface area contributed by atoms with Gasteiger partial charge in [-0.05, 0) is 37.0 Å². The molecular weight excluding hydrogens is 251 g/mol. The number of hydrogen-bond acceptors (Lipinski definition) is 1. The number of halogens is 3. The van der Waals surface area contributed by atoms with Gasteiger partial charge in [0.2, 0.25) is 0 Å². The molecule has 0 heterocycles. The molecule has 0 saturated heterocycles. The van der Waals surface area contributed by atoms with Gasteiger partial charge in [0, 0.05) is 6.04 Å². The maximum absolute atomic E-state index is 12.4. The molecular formula is C15H20F3N. The molecule has 0 radical (unpaired) electrons. The largest absolute Gasteiger partial charge is 0.416 e. The van der Waals surface area contributed by atoms with E-state index in [1.807, 2.05) is 6.08 Å². The molecule has 0 fully saturated rings. The van der Waals surface area contributed by atoms with Gasteiger partial charge in [-0.3, -0.25) is 0 Å². The summed E-state index contributed by atoms with van der Waals surface area (Å²) in [5, 5.41) is 0. The average Bonchev–Trinajstić information content (AvgIpc) is 2.37. The molecule has 19 heavy (non-hydrogen) atoms. The quantitative estimate of drug-likeness (QED) is 0.557. The van der Waals surface area contributed by atoms with Crippen molar-refractivity contribution < 1.29 is 13.2 Å². The van der Waals surface area contributed by atoms with E-state index in [0.29, 0.717) is 0 Å². The van der Waals surface area contributed by atoms with E-state index in [4.69, 9.17) is 5.73 Å². The molecule has 0 spiro atoms. The van der Waals surface area contributed by atoms with Crippen molar-refractivity contribution in [3.63, 3.8) is 0 Å². The molecule has 1 atom stereocenters. The van der Waals surface area contributed by atoms with E-state index in [1.54, 1.807) is 0 Å². The first kappa shape index (κ1) is 15.8. The lowest BCUT2D eigenvalue weighted by molar-refractivity contribution is -0.137. The van der Waals surface area contributed by atoms with Crippen molar-refractivity contribution >= 4 is 0 Å². The summed E-state index contributed by atoms with van der Waals surface area (Å²) in [6.45, 7) is 3.65. The highest BCUT2D eigenvalue weighted by molar-refractivity contribution is 5.26. The number of rotatable bonds is 7. The lowest BCUT2D eigenvalue weighted by atomic mass is 9.99. The van der Waals surface area contributed by atoms with Crippen LogP contribution in [0.15, 0.2) is 36.9 Å². The van der Waals surface area contributed by atoms with Crippen LogP contribution in [0, 0.1) is 0 Å². The second-order valence-corrected chi connectivity index (χ2v) is 4.65. The third-order valence-corrected chi connectivity index (χ3v) is 3.09. The number of benzene rings is 1. The Bertz CT molecular complexity index is 381. The fraction of sp³-hybridized carbons (Fsp3) is 0.467. The molecule has 1 aromatic carbocycles. The summed E-state index contributed by atoms with van der Waals surface area (Å²) in [5.41, 5.74) is 6.10. The van der Waals surface area contributed by atoms with Gasteiger partial charge in [0.15, 0.2) is 0 Å². The van der Waals surface area contributed by atoms with Gasteiger partial charge in [-0.2, -0.15) is 13.2 Å². The van der Waals surface area contributed by atoms with Crippen LogP contribution in [-0.4, -0.2) is 0 Å². The van der Waals surface area contributed by atoms with Crippen LogP contribution in [0.1, 0.15) is 49.3 Å². The molecule has 0 aromatic heterocycles. The van der Waals surface area contributed by atoms with Gasteiger partial charge >= 0.3 is 6.18 Å². The summed E-state index contributed by atoms with van der Waals surface area (Å²) in [4.78, 5) is 0. The molecule has 1 nitrogen and oxygen atoms in total. The van der Waals surface area contributed by atoms with E-state index in [9.17, 15) is 13.2 Å². The maximum atomic E-state index is 12.4. The van der Waals surface area contributed by atoms with Gasteiger partial charge in [-0.25, -0.2) is 0 Å². The smallest absolute Gasteiger partial charge is 0.324 e. The Hall–Kier alpha value is -1.29. The lowest BCUT2D eigenvalue weighted by Gasteiger charge is -2.13. The average molecular weight is 271 g/mol. The molecule has 4 heteroatoms. The standard InChI is InChI=1S/C15H20F3N/c1-2-3-4-5-6-7-14(19)12-8-10-13(11-9-12)15(16,17)18/h2,8-11,14H,1,3-7,19H2. The zero-order chi connectivity index (χ0) is 14.3.